The number of carbonyl (C=O) groups is 2. The highest BCUT2D eigenvalue weighted by atomic mass is 16.5. The number of nitrogens with zero attached hydrogens (tertiary/aromatic N) is 1. The van der Waals surface area contributed by atoms with Crippen LogP contribution in [-0.2, 0) is 11.2 Å². The number of Topliss-reactive ketones (excluding diaryl/α,β-unsaturated/α-hetero) is 1. The average molecular weight is 345 g/mol. The van der Waals surface area contributed by atoms with Gasteiger partial charge in [-0.15, -0.1) is 0 Å². The van der Waals surface area contributed by atoms with E-state index in [9.17, 15) is 9.59 Å². The van der Waals surface area contributed by atoms with Crippen LogP contribution in [0.1, 0.15) is 65.3 Å². The van der Waals surface area contributed by atoms with E-state index in [1.807, 2.05) is 4.90 Å². The number of carbonyl (C=O) groups excluding carboxylic acids is 2. The summed E-state index contributed by atoms with van der Waals surface area (Å²) < 4.78 is 11.3. The Kier molecular flexibility index (Phi) is 3.66. The third kappa shape index (κ3) is 2.31. The van der Waals surface area contributed by atoms with Crippen molar-refractivity contribution in [1.82, 2.24) is 4.90 Å². The molecule has 1 aromatic rings. The lowest BCUT2D eigenvalue weighted by Crippen LogP contribution is -2.55. The lowest BCUT2D eigenvalue weighted by atomic mass is 9.48. The number of furan rings is 1. The summed E-state index contributed by atoms with van der Waals surface area (Å²) in [5.41, 5.74) is 1.35. The summed E-state index contributed by atoms with van der Waals surface area (Å²) in [4.78, 5) is 27.6. The van der Waals surface area contributed by atoms with Gasteiger partial charge in [0.2, 0.25) is 0 Å². The summed E-state index contributed by atoms with van der Waals surface area (Å²) >= 11 is 0. The second-order valence-electron chi connectivity index (χ2n) is 8.81. The SMILES string of the molecule is COC[C@@]12CN(C(=O)c3c(C)oc4c3C(=O)CCC4)C[C@@H]1C(C)(C)C2. The first kappa shape index (κ1) is 16.8. The van der Waals surface area contributed by atoms with E-state index in [1.54, 1.807) is 14.0 Å². The van der Waals surface area contributed by atoms with E-state index >= 15 is 0 Å². The minimum Gasteiger partial charge on any atom is -0.465 e. The van der Waals surface area contributed by atoms with Crippen molar-refractivity contribution in [3.05, 3.63) is 22.6 Å². The van der Waals surface area contributed by atoms with Crippen molar-refractivity contribution in [2.24, 2.45) is 16.7 Å². The van der Waals surface area contributed by atoms with Crippen LogP contribution < -0.4 is 0 Å². The van der Waals surface area contributed by atoms with Crippen LogP contribution >= 0.6 is 0 Å². The van der Waals surface area contributed by atoms with Crippen molar-refractivity contribution in [1.29, 1.82) is 0 Å². The second kappa shape index (κ2) is 5.44. The maximum Gasteiger partial charge on any atom is 0.258 e. The Balaban J connectivity index is 1.65. The maximum absolute atomic E-state index is 13.3. The third-order valence-corrected chi connectivity index (χ3v) is 6.58. The van der Waals surface area contributed by atoms with E-state index in [-0.39, 0.29) is 22.5 Å². The topological polar surface area (TPSA) is 59.8 Å². The van der Waals surface area contributed by atoms with Gasteiger partial charge in [-0.2, -0.15) is 0 Å². The highest BCUT2D eigenvalue weighted by Gasteiger charge is 2.63. The minimum absolute atomic E-state index is 0.0431. The quantitative estimate of drug-likeness (QED) is 0.844. The van der Waals surface area contributed by atoms with E-state index in [2.05, 4.69) is 13.8 Å². The Morgan fingerprint density at radius 2 is 2.12 bits per heavy atom. The molecule has 1 aromatic heterocycles. The average Bonchev–Trinajstić information content (AvgIpc) is 3.03. The first-order valence-electron chi connectivity index (χ1n) is 9.23. The molecule has 1 saturated heterocycles. The molecule has 3 aliphatic rings. The van der Waals surface area contributed by atoms with E-state index in [0.29, 0.717) is 48.1 Å². The van der Waals surface area contributed by atoms with Gasteiger partial charge in [0.1, 0.15) is 11.5 Å². The summed E-state index contributed by atoms with van der Waals surface area (Å²) in [7, 11) is 1.73. The molecule has 0 N–H and O–H groups in total. The molecule has 4 rings (SSSR count). The maximum atomic E-state index is 13.3. The molecule has 5 heteroatoms. The van der Waals surface area contributed by atoms with Gasteiger partial charge in [0.15, 0.2) is 5.78 Å². The molecule has 2 atom stereocenters. The van der Waals surface area contributed by atoms with Crippen molar-refractivity contribution in [3.63, 3.8) is 0 Å². The number of rotatable bonds is 3. The largest absolute Gasteiger partial charge is 0.465 e. The van der Waals surface area contributed by atoms with Crippen LogP contribution in [0, 0.1) is 23.7 Å². The van der Waals surface area contributed by atoms with Crippen LogP contribution in [0.4, 0.5) is 0 Å². The number of amides is 1. The van der Waals surface area contributed by atoms with Crippen molar-refractivity contribution in [3.8, 4) is 0 Å². The number of likely N-dealkylation sites (tertiary alicyclic amines) is 1. The van der Waals surface area contributed by atoms with Crippen molar-refractivity contribution in [2.75, 3.05) is 26.8 Å². The number of ketones is 1. The monoisotopic (exact) mass is 345 g/mol. The molecular formula is C20H27NO4. The molecule has 25 heavy (non-hydrogen) atoms. The van der Waals surface area contributed by atoms with Gasteiger partial charge < -0.3 is 14.1 Å². The molecule has 1 aliphatic heterocycles. The van der Waals surface area contributed by atoms with Gasteiger partial charge in [0.25, 0.3) is 5.91 Å². The van der Waals surface area contributed by atoms with E-state index < -0.39 is 0 Å². The van der Waals surface area contributed by atoms with Crippen LogP contribution in [-0.4, -0.2) is 43.4 Å². The van der Waals surface area contributed by atoms with Gasteiger partial charge in [-0.1, -0.05) is 13.8 Å². The zero-order valence-electron chi connectivity index (χ0n) is 15.6. The highest BCUT2D eigenvalue weighted by molar-refractivity contribution is 6.10. The highest BCUT2D eigenvalue weighted by Crippen LogP contribution is 2.62. The normalized spacial score (nSPS) is 30.0. The molecule has 0 spiro atoms. The van der Waals surface area contributed by atoms with Gasteiger partial charge in [0, 0.05) is 38.5 Å². The Morgan fingerprint density at radius 1 is 1.36 bits per heavy atom. The first-order valence-corrected chi connectivity index (χ1v) is 9.23. The lowest BCUT2D eigenvalue weighted by Gasteiger charge is -2.56. The zero-order valence-corrected chi connectivity index (χ0v) is 15.6. The number of methoxy groups -OCH3 is 1. The van der Waals surface area contributed by atoms with E-state index in [4.69, 9.17) is 9.15 Å². The van der Waals surface area contributed by atoms with E-state index in [1.165, 1.54) is 0 Å². The fourth-order valence-corrected chi connectivity index (χ4v) is 5.79. The fraction of sp³-hybridized carbons (Fsp3) is 0.700. The van der Waals surface area contributed by atoms with Crippen molar-refractivity contribution < 1.29 is 18.7 Å². The molecule has 2 heterocycles. The Hall–Kier alpha value is -1.62. The molecule has 5 nitrogen and oxygen atoms in total. The number of aryl methyl sites for hydroxylation is 2. The molecule has 0 unspecified atom stereocenters. The summed E-state index contributed by atoms with van der Waals surface area (Å²) in [6, 6.07) is 0. The lowest BCUT2D eigenvalue weighted by molar-refractivity contribution is -0.107. The second-order valence-corrected chi connectivity index (χ2v) is 8.81. The van der Waals surface area contributed by atoms with Gasteiger partial charge in [-0.3, -0.25) is 9.59 Å². The standard InChI is InChI=1S/C20H27NO4/c1-12-16(17-13(22)6-5-7-14(17)25-12)18(23)21-8-15-19(2,3)9-20(15,10-21)11-24-4/h15H,5-11H2,1-4H3/t15-,20-/m1/s1. The number of ether oxygens (including phenoxy) is 1. The Morgan fingerprint density at radius 3 is 2.80 bits per heavy atom. The summed E-state index contributed by atoms with van der Waals surface area (Å²) in [6.07, 6.45) is 3.14. The van der Waals surface area contributed by atoms with Crippen LogP contribution in [0.2, 0.25) is 0 Å². The van der Waals surface area contributed by atoms with Crippen molar-refractivity contribution in [2.45, 2.75) is 46.5 Å². The number of hydrogen-bond donors (Lipinski definition) is 0. The fourth-order valence-electron chi connectivity index (χ4n) is 5.79. The Labute approximate surface area is 148 Å². The smallest absolute Gasteiger partial charge is 0.258 e. The summed E-state index contributed by atoms with van der Waals surface area (Å²) in [6.45, 7) is 8.48. The molecule has 0 radical (unpaired) electrons. The number of hydrogen-bond acceptors (Lipinski definition) is 4. The molecular weight excluding hydrogens is 318 g/mol. The molecule has 0 aromatic carbocycles. The van der Waals surface area contributed by atoms with E-state index in [0.717, 1.165) is 25.8 Å². The zero-order chi connectivity index (χ0) is 18.0. The van der Waals surface area contributed by atoms with Crippen LogP contribution in [0.3, 0.4) is 0 Å². The predicted octanol–water partition coefficient (Wildman–Crippen LogP) is 3.24. The summed E-state index contributed by atoms with van der Waals surface area (Å²) in [5.74, 6) is 1.74. The number of fused-ring (bicyclic) bond motifs is 2. The van der Waals surface area contributed by atoms with Crippen LogP contribution in [0.15, 0.2) is 4.42 Å². The van der Waals surface area contributed by atoms with Gasteiger partial charge >= 0.3 is 0 Å². The first-order chi connectivity index (χ1) is 11.8. The van der Waals surface area contributed by atoms with Gasteiger partial charge in [-0.05, 0) is 31.1 Å². The molecule has 1 amide bonds. The summed E-state index contributed by atoms with van der Waals surface area (Å²) in [5, 5.41) is 0. The molecule has 2 aliphatic carbocycles. The predicted molar refractivity (Wildman–Crippen MR) is 92.8 cm³/mol. The molecule has 136 valence electrons. The Bertz CT molecular complexity index is 747. The van der Waals surface area contributed by atoms with Crippen LogP contribution in [0.25, 0.3) is 0 Å². The minimum atomic E-state index is -0.0431. The third-order valence-electron chi connectivity index (χ3n) is 6.58. The van der Waals surface area contributed by atoms with Crippen molar-refractivity contribution >= 4 is 11.7 Å². The molecule has 0 bridgehead atoms. The van der Waals surface area contributed by atoms with Gasteiger partial charge in [0.05, 0.1) is 17.7 Å². The van der Waals surface area contributed by atoms with Gasteiger partial charge in [-0.25, -0.2) is 0 Å². The molecule has 1 saturated carbocycles. The van der Waals surface area contributed by atoms with Crippen LogP contribution in [0.5, 0.6) is 0 Å². The molecule has 2 fully saturated rings.